The fourth-order valence-electron chi connectivity index (χ4n) is 3.88. The Morgan fingerprint density at radius 1 is 1.22 bits per heavy atom. The van der Waals surface area contributed by atoms with E-state index in [0.717, 1.165) is 36.2 Å². The summed E-state index contributed by atoms with van der Waals surface area (Å²) < 4.78 is 47.0. The highest BCUT2D eigenvalue weighted by molar-refractivity contribution is 7.22. The minimum absolute atomic E-state index is 0.0623. The zero-order valence-electron chi connectivity index (χ0n) is 19.5. The smallest absolute Gasteiger partial charge is 0.416 e. The largest absolute Gasteiger partial charge is 0.437 e. The number of halogens is 3. The quantitative estimate of drug-likeness (QED) is 0.337. The van der Waals surface area contributed by atoms with Gasteiger partial charge in [-0.05, 0) is 43.7 Å². The van der Waals surface area contributed by atoms with Crippen LogP contribution in [0.25, 0.3) is 21.5 Å². The van der Waals surface area contributed by atoms with Crippen molar-refractivity contribution in [3.05, 3.63) is 59.9 Å². The number of alkyl halides is 3. The number of benzene rings is 2. The lowest BCUT2D eigenvalue weighted by molar-refractivity contribution is -0.137. The second kappa shape index (κ2) is 10.2. The minimum Gasteiger partial charge on any atom is -0.437 e. The molecule has 1 aliphatic rings. The van der Waals surface area contributed by atoms with Crippen molar-refractivity contribution in [1.82, 2.24) is 20.3 Å². The first-order valence-electron chi connectivity index (χ1n) is 11.4. The normalized spacial score (nSPS) is 15.3. The van der Waals surface area contributed by atoms with Crippen LogP contribution in [0.4, 0.5) is 18.3 Å². The van der Waals surface area contributed by atoms with Crippen molar-refractivity contribution in [1.29, 1.82) is 0 Å². The van der Waals surface area contributed by atoms with Crippen molar-refractivity contribution in [2.75, 3.05) is 11.9 Å². The maximum Gasteiger partial charge on any atom is 0.416 e. The SMILES string of the molecule is CC(=O)Nc1nc2c(Oc3cc(-c4ccc(C(F)(F)F)cc4C#C[C@@H]4CCCN4)ncn3)cccc2s1. The van der Waals surface area contributed by atoms with Crippen LogP contribution in [0.15, 0.2) is 48.8 Å². The first-order valence-corrected chi connectivity index (χ1v) is 12.2. The summed E-state index contributed by atoms with van der Waals surface area (Å²) in [7, 11) is 0. The van der Waals surface area contributed by atoms with E-state index in [1.807, 2.05) is 6.07 Å². The average Bonchev–Trinajstić information content (AvgIpc) is 3.52. The van der Waals surface area contributed by atoms with E-state index in [4.69, 9.17) is 4.74 Å². The molecule has 0 aliphatic carbocycles. The van der Waals surface area contributed by atoms with E-state index in [-0.39, 0.29) is 23.4 Å². The Morgan fingerprint density at radius 3 is 2.84 bits per heavy atom. The molecule has 0 unspecified atom stereocenters. The van der Waals surface area contributed by atoms with Gasteiger partial charge in [0.05, 0.1) is 22.0 Å². The number of rotatable bonds is 4. The number of aromatic nitrogens is 3. The first kappa shape index (κ1) is 24.7. The van der Waals surface area contributed by atoms with Crippen LogP contribution < -0.4 is 15.4 Å². The lowest BCUT2D eigenvalue weighted by Crippen LogP contribution is -2.18. The molecule has 0 spiro atoms. The molecule has 188 valence electrons. The number of hydrogen-bond donors (Lipinski definition) is 2. The van der Waals surface area contributed by atoms with E-state index in [1.165, 1.54) is 30.7 Å². The molecular formula is C26H20F3N5O2S. The molecule has 7 nitrogen and oxygen atoms in total. The number of carbonyl (C=O) groups is 1. The van der Waals surface area contributed by atoms with Gasteiger partial charge in [-0.2, -0.15) is 13.2 Å². The van der Waals surface area contributed by atoms with Gasteiger partial charge in [-0.15, -0.1) is 0 Å². The third kappa shape index (κ3) is 5.71. The Bertz CT molecular complexity index is 1530. The lowest BCUT2D eigenvalue weighted by atomic mass is 10.0. The van der Waals surface area contributed by atoms with Gasteiger partial charge >= 0.3 is 6.18 Å². The third-order valence-electron chi connectivity index (χ3n) is 5.59. The van der Waals surface area contributed by atoms with Crippen molar-refractivity contribution in [2.24, 2.45) is 0 Å². The van der Waals surface area contributed by atoms with Crippen LogP contribution in [0.5, 0.6) is 11.6 Å². The fraction of sp³-hybridized carbons (Fsp3) is 0.231. The second-order valence-corrected chi connectivity index (χ2v) is 9.35. The number of fused-ring (bicyclic) bond motifs is 1. The molecule has 1 atom stereocenters. The number of carbonyl (C=O) groups excluding carboxylic acids is 1. The predicted octanol–water partition coefficient (Wildman–Crippen LogP) is 5.63. The minimum atomic E-state index is -4.50. The van der Waals surface area contributed by atoms with Crippen molar-refractivity contribution >= 4 is 32.6 Å². The topological polar surface area (TPSA) is 89.0 Å². The molecule has 2 N–H and O–H groups in total. The summed E-state index contributed by atoms with van der Waals surface area (Å²) in [5.41, 5.74) is 0.782. The number of ether oxygens (including phenoxy) is 1. The molecule has 3 heterocycles. The maximum absolute atomic E-state index is 13.4. The van der Waals surface area contributed by atoms with Crippen molar-refractivity contribution in [2.45, 2.75) is 32.0 Å². The molecule has 2 aromatic carbocycles. The molecule has 2 aromatic heterocycles. The van der Waals surface area contributed by atoms with Gasteiger partial charge in [0.1, 0.15) is 11.8 Å². The Hall–Kier alpha value is -4.01. The van der Waals surface area contributed by atoms with Gasteiger partial charge in [-0.25, -0.2) is 15.0 Å². The van der Waals surface area contributed by atoms with Gasteiger partial charge in [0.25, 0.3) is 0 Å². The first-order chi connectivity index (χ1) is 17.8. The number of thiazole rings is 1. The summed E-state index contributed by atoms with van der Waals surface area (Å²) in [6.07, 6.45) is -1.40. The van der Waals surface area contributed by atoms with Crippen molar-refractivity contribution in [3.63, 3.8) is 0 Å². The highest BCUT2D eigenvalue weighted by atomic mass is 32.1. The van der Waals surface area contributed by atoms with Gasteiger partial charge in [0, 0.05) is 24.1 Å². The van der Waals surface area contributed by atoms with E-state index in [0.29, 0.717) is 27.7 Å². The van der Waals surface area contributed by atoms with Crippen LogP contribution >= 0.6 is 11.3 Å². The molecule has 11 heteroatoms. The van der Waals surface area contributed by atoms with Gasteiger partial charge in [0.2, 0.25) is 11.8 Å². The van der Waals surface area contributed by atoms with E-state index in [2.05, 4.69) is 37.4 Å². The molecule has 1 saturated heterocycles. The Kier molecular flexibility index (Phi) is 6.78. The molecule has 0 radical (unpaired) electrons. The van der Waals surface area contributed by atoms with Crippen LogP contribution in [-0.4, -0.2) is 33.4 Å². The fourth-order valence-corrected chi connectivity index (χ4v) is 4.81. The van der Waals surface area contributed by atoms with E-state index in [1.54, 1.807) is 18.2 Å². The Labute approximate surface area is 214 Å². The summed E-state index contributed by atoms with van der Waals surface area (Å²) in [4.78, 5) is 24.3. The molecule has 1 fully saturated rings. The number of nitrogens with one attached hydrogen (secondary N) is 2. The zero-order chi connectivity index (χ0) is 26.0. The summed E-state index contributed by atoms with van der Waals surface area (Å²) >= 11 is 1.30. The van der Waals surface area contributed by atoms with E-state index in [9.17, 15) is 18.0 Å². The molecule has 0 bridgehead atoms. The highest BCUT2D eigenvalue weighted by Crippen LogP contribution is 2.36. The maximum atomic E-state index is 13.4. The molecule has 1 amide bonds. The highest BCUT2D eigenvalue weighted by Gasteiger charge is 2.31. The predicted molar refractivity (Wildman–Crippen MR) is 134 cm³/mol. The van der Waals surface area contributed by atoms with Crippen LogP contribution in [0.3, 0.4) is 0 Å². The average molecular weight is 524 g/mol. The zero-order valence-corrected chi connectivity index (χ0v) is 20.3. The van der Waals surface area contributed by atoms with Crippen molar-refractivity contribution in [3.8, 4) is 34.7 Å². The number of anilines is 1. The molecule has 37 heavy (non-hydrogen) atoms. The van der Waals surface area contributed by atoms with Crippen molar-refractivity contribution < 1.29 is 22.7 Å². The number of para-hydroxylation sites is 1. The van der Waals surface area contributed by atoms with Gasteiger partial charge < -0.3 is 15.4 Å². The van der Waals surface area contributed by atoms with Crippen LogP contribution in [0.2, 0.25) is 0 Å². The second-order valence-electron chi connectivity index (χ2n) is 8.32. The van der Waals surface area contributed by atoms with Gasteiger partial charge in [-0.1, -0.05) is 35.3 Å². The number of amides is 1. The lowest BCUT2D eigenvalue weighted by Gasteiger charge is -2.11. The summed E-state index contributed by atoms with van der Waals surface area (Å²) in [6, 6.07) is 10.2. The third-order valence-corrected chi connectivity index (χ3v) is 6.52. The molecule has 1 aliphatic heterocycles. The molecular weight excluding hydrogens is 503 g/mol. The summed E-state index contributed by atoms with van der Waals surface area (Å²) in [5.74, 6) is 6.32. The van der Waals surface area contributed by atoms with Crippen LogP contribution in [0, 0.1) is 11.8 Å². The van der Waals surface area contributed by atoms with E-state index >= 15 is 0 Å². The van der Waals surface area contributed by atoms with Gasteiger partial charge in [-0.3, -0.25) is 4.79 Å². The molecule has 0 saturated carbocycles. The summed E-state index contributed by atoms with van der Waals surface area (Å²) in [6.45, 7) is 2.23. The monoisotopic (exact) mass is 523 g/mol. The molecule has 4 aromatic rings. The Morgan fingerprint density at radius 2 is 2.08 bits per heavy atom. The molecule has 5 rings (SSSR count). The number of hydrogen-bond acceptors (Lipinski definition) is 7. The number of nitrogens with zero attached hydrogens (tertiary/aromatic N) is 3. The summed E-state index contributed by atoms with van der Waals surface area (Å²) in [5, 5.41) is 6.32. The van der Waals surface area contributed by atoms with Crippen LogP contribution in [-0.2, 0) is 11.0 Å². The standard InChI is InChI=1S/C26H20F3N5O2S/c1-15(35)33-25-34-24-21(5-2-6-22(24)37-25)36-23-13-20(31-14-32-23)19-10-8-17(26(27,28)29)12-16(19)7-9-18-4-3-11-30-18/h2,5-6,8,10,12-14,18,30H,3-4,11H2,1H3,(H,33,34,35)/t18-/m0/s1. The van der Waals surface area contributed by atoms with Gasteiger partial charge in [0.15, 0.2) is 10.9 Å². The Balaban J connectivity index is 1.49. The van der Waals surface area contributed by atoms with E-state index < -0.39 is 11.7 Å². The van der Waals surface area contributed by atoms with Crippen LogP contribution in [0.1, 0.15) is 30.9 Å².